The minimum absolute atomic E-state index is 0.00741. The van der Waals surface area contributed by atoms with Crippen molar-refractivity contribution in [1.82, 2.24) is 0 Å². The summed E-state index contributed by atoms with van der Waals surface area (Å²) < 4.78 is 67.5. The van der Waals surface area contributed by atoms with E-state index in [0.29, 0.717) is 0 Å². The maximum Gasteiger partial charge on any atom is 0.202 e. The van der Waals surface area contributed by atoms with Crippen molar-refractivity contribution >= 4 is 22.3 Å². The molecule has 5 fully saturated rings. The van der Waals surface area contributed by atoms with Gasteiger partial charge in [0.15, 0.2) is 36.7 Å². The largest absolute Gasteiger partial charge is 0.507 e. The number of aliphatic hydroxyl groups is 7. The van der Waals surface area contributed by atoms with E-state index in [-0.39, 0.29) is 83.8 Å². The van der Waals surface area contributed by atoms with Crippen molar-refractivity contribution < 1.29 is 108 Å². The molecule has 5 unspecified atom stereocenters. The number of phenolic OH excluding ortho intramolecular Hbond substituents is 2. The first-order valence-corrected chi connectivity index (χ1v) is 25.7. The number of carbonyl (C=O) groups is 2. The fourth-order valence-electron chi connectivity index (χ4n) is 11.4. The Hall–Kier alpha value is -3.24. The second-order valence-corrected chi connectivity index (χ2v) is 21.6. The third kappa shape index (κ3) is 11.5. The number of carbonyl (C=O) groups excluding carboxylic acids is 2. The van der Waals surface area contributed by atoms with Crippen molar-refractivity contribution in [3.63, 3.8) is 0 Å². The maximum absolute atomic E-state index is 15.0. The van der Waals surface area contributed by atoms with Gasteiger partial charge in [-0.05, 0) is 84.9 Å². The normalized spacial score (nSPS) is 42.9. The van der Waals surface area contributed by atoms with Crippen molar-refractivity contribution in [2.45, 2.75) is 236 Å². The molecule has 0 aromatic heterocycles. The van der Waals surface area contributed by atoms with Crippen LogP contribution in [0.3, 0.4) is 0 Å². The van der Waals surface area contributed by atoms with Crippen molar-refractivity contribution in [2.24, 2.45) is 11.8 Å². The summed E-state index contributed by atoms with van der Waals surface area (Å²) in [6.07, 6.45) is -20.9. The van der Waals surface area contributed by atoms with Gasteiger partial charge in [-0.25, -0.2) is 0 Å². The molecule has 0 saturated carbocycles. The number of ketones is 2. The summed E-state index contributed by atoms with van der Waals surface area (Å²) in [5.74, 6) is -3.44. The lowest BCUT2D eigenvalue weighted by Crippen LogP contribution is -2.57. The van der Waals surface area contributed by atoms with Gasteiger partial charge in [0.05, 0.1) is 77.6 Å². The minimum atomic E-state index is -1.70. The van der Waals surface area contributed by atoms with Gasteiger partial charge in [-0.1, -0.05) is 6.92 Å². The van der Waals surface area contributed by atoms with Crippen LogP contribution >= 0.6 is 0 Å². The van der Waals surface area contributed by atoms with Gasteiger partial charge in [-0.3, -0.25) is 9.59 Å². The van der Waals surface area contributed by atoms with Crippen LogP contribution in [0.2, 0.25) is 0 Å². The van der Waals surface area contributed by atoms with Crippen molar-refractivity contribution in [3.05, 3.63) is 28.8 Å². The fourth-order valence-corrected chi connectivity index (χ4v) is 11.4. The Kier molecular flexibility index (Phi) is 17.4. The zero-order chi connectivity index (χ0) is 54.0. The molecule has 22 heteroatoms. The molecule has 9 N–H and O–H groups in total. The van der Waals surface area contributed by atoms with Crippen LogP contribution < -0.4 is 4.74 Å². The van der Waals surface area contributed by atoms with Crippen LogP contribution in [0.15, 0.2) is 12.1 Å². The van der Waals surface area contributed by atoms with Gasteiger partial charge in [0.25, 0.3) is 0 Å². The number of Topliss-reactive ketones (excluding diaryl/α,β-unsaturated/α-hetero) is 2. The number of benzene rings is 2. The predicted octanol–water partition coefficient (Wildman–Crippen LogP) is 1.67. The molecule has 416 valence electrons. The van der Waals surface area contributed by atoms with E-state index in [1.807, 2.05) is 13.8 Å². The van der Waals surface area contributed by atoms with E-state index in [4.69, 9.17) is 52.1 Å². The van der Waals surface area contributed by atoms with Crippen molar-refractivity contribution in [3.8, 4) is 17.2 Å². The third-order valence-corrected chi connectivity index (χ3v) is 16.1. The lowest BCUT2D eigenvalue weighted by Gasteiger charge is -2.46. The monoisotopic (exact) mass is 1050 g/mol. The molecule has 6 aliphatic rings. The Balaban J connectivity index is 1.03. The fraction of sp³-hybridized carbons (Fsp3) is 0.769. The van der Waals surface area contributed by atoms with Crippen LogP contribution in [0.1, 0.15) is 109 Å². The molecule has 1 aliphatic carbocycles. The average molecular weight is 1050 g/mol. The SMILES string of the molecule is CO[C@@H]([C@@H]1Cc2cc3cc(O[C@H]4C[C@@H](O[C@H]5C[C@@H](O)[C@H](O)C(C)O5)[C@H](O)C(C)O4)c(C)c(O)c3c(O)c2C(=O)[C@H]1O[C@H]1C[C@@H](O[C@H]2C[C@@H](O[C@H]3C[C@](C)(O)[C@H](O)C(C)O3)[C@@H](C)C(C)O2)[C@H](O)C(C)O1)[C@@H](O)C(C)=O. The molecule has 74 heavy (non-hydrogen) atoms. The second-order valence-electron chi connectivity index (χ2n) is 21.6. The molecule has 0 spiro atoms. The van der Waals surface area contributed by atoms with E-state index in [9.17, 15) is 55.5 Å². The van der Waals surface area contributed by atoms with E-state index < -0.39 is 158 Å². The number of aromatic hydroxyl groups is 2. The molecular weight excluding hydrogens is 977 g/mol. The van der Waals surface area contributed by atoms with E-state index in [1.54, 1.807) is 46.8 Å². The minimum Gasteiger partial charge on any atom is -0.507 e. The molecule has 2 aromatic carbocycles. The first-order valence-electron chi connectivity index (χ1n) is 25.7. The van der Waals surface area contributed by atoms with Crippen LogP contribution in [0.4, 0.5) is 0 Å². The van der Waals surface area contributed by atoms with Gasteiger partial charge >= 0.3 is 0 Å². The Morgan fingerprint density at radius 3 is 1.82 bits per heavy atom. The molecule has 0 bridgehead atoms. The molecule has 5 saturated heterocycles. The van der Waals surface area contributed by atoms with Gasteiger partial charge < -0.3 is 98.1 Å². The molecule has 2 aromatic rings. The molecule has 0 amide bonds. The van der Waals surface area contributed by atoms with E-state index >= 15 is 0 Å². The number of phenols is 2. The lowest BCUT2D eigenvalue weighted by atomic mass is 9.75. The zero-order valence-electron chi connectivity index (χ0n) is 43.5. The molecular formula is C52H76O22. The van der Waals surface area contributed by atoms with Gasteiger partial charge in [-0.15, -0.1) is 0 Å². The number of rotatable bonds is 14. The summed E-state index contributed by atoms with van der Waals surface area (Å²) in [7, 11) is 1.28. The molecule has 5 heterocycles. The average Bonchev–Trinajstić information content (AvgIpc) is 3.32. The molecule has 24 atom stereocenters. The molecule has 8 rings (SSSR count). The smallest absolute Gasteiger partial charge is 0.202 e. The number of aliphatic hydroxyl groups excluding tert-OH is 6. The highest BCUT2D eigenvalue weighted by Gasteiger charge is 2.51. The quantitative estimate of drug-likeness (QED) is 0.130. The molecule has 0 radical (unpaired) electrons. The summed E-state index contributed by atoms with van der Waals surface area (Å²) in [5.41, 5.74) is -1.17. The summed E-state index contributed by atoms with van der Waals surface area (Å²) in [5, 5.41) is 99.4. The number of fused-ring (bicyclic) bond motifs is 2. The highest BCUT2D eigenvalue weighted by molar-refractivity contribution is 6.11. The Morgan fingerprint density at radius 2 is 1.23 bits per heavy atom. The van der Waals surface area contributed by atoms with Crippen LogP contribution in [0.5, 0.6) is 17.2 Å². The van der Waals surface area contributed by atoms with Crippen LogP contribution in [-0.2, 0) is 58.6 Å². The summed E-state index contributed by atoms with van der Waals surface area (Å²) in [6, 6.07) is 3.14. The van der Waals surface area contributed by atoms with Gasteiger partial charge in [0.1, 0.15) is 53.9 Å². The van der Waals surface area contributed by atoms with Crippen molar-refractivity contribution in [2.75, 3.05) is 7.11 Å². The Bertz CT molecular complexity index is 2300. The number of ether oxygens (including phenoxy) is 11. The summed E-state index contributed by atoms with van der Waals surface area (Å²) in [6.45, 7) is 14.5. The topological polar surface area (TPSA) is 318 Å². The van der Waals surface area contributed by atoms with Crippen LogP contribution in [-0.4, -0.2) is 199 Å². The molecule has 5 aliphatic heterocycles. The zero-order valence-corrected chi connectivity index (χ0v) is 43.5. The first-order chi connectivity index (χ1) is 34.8. The maximum atomic E-state index is 15.0. The highest BCUT2D eigenvalue weighted by Crippen LogP contribution is 2.48. The van der Waals surface area contributed by atoms with Gasteiger partial charge in [0, 0.05) is 56.6 Å². The van der Waals surface area contributed by atoms with Crippen LogP contribution in [0.25, 0.3) is 10.8 Å². The van der Waals surface area contributed by atoms with Crippen LogP contribution in [0, 0.1) is 18.8 Å². The Labute approximate surface area is 429 Å². The lowest BCUT2D eigenvalue weighted by molar-refractivity contribution is -0.328. The van der Waals surface area contributed by atoms with Gasteiger partial charge in [0.2, 0.25) is 6.29 Å². The summed E-state index contributed by atoms with van der Waals surface area (Å²) in [4.78, 5) is 27.7. The third-order valence-electron chi connectivity index (χ3n) is 16.1. The number of methoxy groups -OCH3 is 1. The van der Waals surface area contributed by atoms with Crippen molar-refractivity contribution in [1.29, 1.82) is 0 Å². The number of hydrogen-bond acceptors (Lipinski definition) is 22. The second kappa shape index (κ2) is 22.6. The molecule has 22 nitrogen and oxygen atoms in total. The summed E-state index contributed by atoms with van der Waals surface area (Å²) >= 11 is 0. The Morgan fingerprint density at radius 1 is 0.703 bits per heavy atom. The van der Waals surface area contributed by atoms with Gasteiger partial charge in [-0.2, -0.15) is 0 Å². The highest BCUT2D eigenvalue weighted by atomic mass is 16.7. The first kappa shape index (κ1) is 56.9. The standard InChI is InChI=1S/C52H76O22/c1-19-22(4)65-36(15-32(19)71-39-18-52(9,63)51(62)26(8)69-39)73-34-17-38(68-25(7)46(34)59)74-50-29(49(64-10)43(56)21(3)53)12-27-11-28-13-31(20(2)42(55)40(28)47(60)41(27)48(50)61)70-37-16-33(45(58)24(6)67-37)72-35-14-30(54)44(57)23(5)66-35/h11,13,19,22-26,29-30,32-39,43-46,49-51,54-60,62-63H,12,14-18H2,1-10H3/t19-,22?,23?,24?,25?,26?,29-,30+,32+,33+,34+,35-,36-,37-,38-,39-,43-,44+,45+,46+,49-,50-,51+,52-/m0/s1. The van der Waals surface area contributed by atoms with E-state index in [0.717, 1.165) is 0 Å². The van der Waals surface area contributed by atoms with E-state index in [1.165, 1.54) is 21.0 Å². The number of hydrogen-bond donors (Lipinski definition) is 9. The predicted molar refractivity (Wildman–Crippen MR) is 256 cm³/mol. The van der Waals surface area contributed by atoms with E-state index in [2.05, 4.69) is 0 Å².